The lowest BCUT2D eigenvalue weighted by Crippen LogP contribution is -2.44. The number of hydrogen-bond acceptors (Lipinski definition) is 3. The molecule has 1 atom stereocenters. The van der Waals surface area contributed by atoms with E-state index in [0.29, 0.717) is 10.2 Å². The lowest BCUT2D eigenvalue weighted by molar-refractivity contribution is -0.140. The number of pyridine rings is 1. The molecular formula is C11H13BrN2O3. The van der Waals surface area contributed by atoms with Crippen LogP contribution in [0.25, 0.3) is 0 Å². The van der Waals surface area contributed by atoms with Gasteiger partial charge in [-0.2, -0.15) is 0 Å². The van der Waals surface area contributed by atoms with Crippen LogP contribution in [0.1, 0.15) is 24.2 Å². The zero-order valence-corrected chi connectivity index (χ0v) is 11.1. The first-order valence-electron chi connectivity index (χ1n) is 5.07. The molecule has 0 aliphatic rings. The Bertz CT molecular complexity index is 434. The number of carboxylic acid groups (broad SMARTS) is 1. The Morgan fingerprint density at radius 3 is 2.59 bits per heavy atom. The van der Waals surface area contributed by atoms with Crippen LogP contribution in [-0.4, -0.2) is 28.0 Å². The predicted molar refractivity (Wildman–Crippen MR) is 65.7 cm³/mol. The first-order valence-corrected chi connectivity index (χ1v) is 5.86. The van der Waals surface area contributed by atoms with E-state index in [4.69, 9.17) is 5.11 Å². The van der Waals surface area contributed by atoms with Crippen molar-refractivity contribution < 1.29 is 14.7 Å². The van der Waals surface area contributed by atoms with Crippen LogP contribution in [0.4, 0.5) is 0 Å². The average molecular weight is 301 g/mol. The van der Waals surface area contributed by atoms with Crippen LogP contribution in [0, 0.1) is 5.92 Å². The molecule has 0 fully saturated rings. The molecule has 0 unspecified atom stereocenters. The van der Waals surface area contributed by atoms with Crippen molar-refractivity contribution in [3.05, 3.63) is 28.5 Å². The zero-order valence-electron chi connectivity index (χ0n) is 9.48. The Hall–Kier alpha value is -1.43. The van der Waals surface area contributed by atoms with Crippen molar-refractivity contribution in [2.75, 3.05) is 0 Å². The molecule has 0 aromatic carbocycles. The summed E-state index contributed by atoms with van der Waals surface area (Å²) in [4.78, 5) is 26.6. The summed E-state index contributed by atoms with van der Waals surface area (Å²) in [7, 11) is 0. The molecule has 1 heterocycles. The van der Waals surface area contributed by atoms with Crippen LogP contribution in [0.15, 0.2) is 22.9 Å². The summed E-state index contributed by atoms with van der Waals surface area (Å²) in [5.74, 6) is -1.64. The number of nitrogens with zero attached hydrogens (tertiary/aromatic N) is 1. The van der Waals surface area contributed by atoms with E-state index in [1.165, 1.54) is 18.3 Å². The minimum atomic E-state index is -1.04. The third kappa shape index (κ3) is 3.81. The molecule has 0 aliphatic carbocycles. The Balaban J connectivity index is 2.81. The number of rotatable bonds is 4. The number of hydrogen-bond donors (Lipinski definition) is 2. The largest absolute Gasteiger partial charge is 0.480 e. The number of halogens is 1. The van der Waals surface area contributed by atoms with Gasteiger partial charge in [0.1, 0.15) is 10.6 Å². The highest BCUT2D eigenvalue weighted by Gasteiger charge is 2.23. The second-order valence-corrected chi connectivity index (χ2v) is 4.71. The number of carboxylic acids is 1. The van der Waals surface area contributed by atoms with Gasteiger partial charge in [0, 0.05) is 11.8 Å². The van der Waals surface area contributed by atoms with Gasteiger partial charge in [-0.05, 0) is 34.0 Å². The number of nitrogens with one attached hydrogen (secondary N) is 1. The highest BCUT2D eigenvalue weighted by molar-refractivity contribution is 9.10. The molecule has 0 saturated heterocycles. The maximum atomic E-state index is 11.8. The van der Waals surface area contributed by atoms with Crippen molar-refractivity contribution in [3.63, 3.8) is 0 Å². The van der Waals surface area contributed by atoms with Gasteiger partial charge in [-0.3, -0.25) is 4.79 Å². The molecule has 1 aromatic rings. The summed E-state index contributed by atoms with van der Waals surface area (Å²) < 4.78 is 0.529. The van der Waals surface area contributed by atoms with E-state index < -0.39 is 17.9 Å². The van der Waals surface area contributed by atoms with Crippen LogP contribution >= 0.6 is 15.9 Å². The Morgan fingerprint density at radius 1 is 1.47 bits per heavy atom. The third-order valence-electron chi connectivity index (χ3n) is 2.21. The lowest BCUT2D eigenvalue weighted by Gasteiger charge is -2.17. The molecule has 0 saturated carbocycles. The third-order valence-corrected chi connectivity index (χ3v) is 2.64. The normalized spacial score (nSPS) is 12.2. The monoisotopic (exact) mass is 300 g/mol. The van der Waals surface area contributed by atoms with Gasteiger partial charge >= 0.3 is 5.97 Å². The molecule has 1 amide bonds. The van der Waals surface area contributed by atoms with E-state index in [1.807, 2.05) is 0 Å². The van der Waals surface area contributed by atoms with E-state index in [9.17, 15) is 9.59 Å². The van der Waals surface area contributed by atoms with Gasteiger partial charge in [0.25, 0.3) is 5.91 Å². The Morgan fingerprint density at radius 2 is 2.12 bits per heavy atom. The zero-order chi connectivity index (χ0) is 13.0. The molecule has 0 bridgehead atoms. The highest BCUT2D eigenvalue weighted by atomic mass is 79.9. The van der Waals surface area contributed by atoms with Gasteiger partial charge in [0.2, 0.25) is 0 Å². The van der Waals surface area contributed by atoms with Crippen molar-refractivity contribution in [2.24, 2.45) is 5.92 Å². The van der Waals surface area contributed by atoms with Crippen LogP contribution in [0.3, 0.4) is 0 Å². The molecule has 92 valence electrons. The van der Waals surface area contributed by atoms with Crippen LogP contribution in [0.5, 0.6) is 0 Å². The molecule has 1 rings (SSSR count). The standard InChI is InChI=1S/C11H13BrN2O3/c1-6(2)9(11(16)17)14-10(15)7-3-4-13-8(12)5-7/h3-6,9H,1-2H3,(H,14,15)(H,16,17)/t9-/m1/s1. The highest BCUT2D eigenvalue weighted by Crippen LogP contribution is 2.09. The number of carbonyl (C=O) groups is 2. The second-order valence-electron chi connectivity index (χ2n) is 3.90. The minimum absolute atomic E-state index is 0.179. The Kier molecular flexibility index (Phi) is 4.62. The lowest BCUT2D eigenvalue weighted by atomic mass is 10.0. The summed E-state index contributed by atoms with van der Waals surface area (Å²) in [5, 5.41) is 11.4. The van der Waals surface area contributed by atoms with E-state index >= 15 is 0 Å². The number of aliphatic carboxylic acids is 1. The van der Waals surface area contributed by atoms with Crippen LogP contribution < -0.4 is 5.32 Å². The first kappa shape index (κ1) is 13.6. The van der Waals surface area contributed by atoms with Crippen molar-refractivity contribution in [2.45, 2.75) is 19.9 Å². The predicted octanol–water partition coefficient (Wildman–Crippen LogP) is 1.68. The van der Waals surface area contributed by atoms with Gasteiger partial charge < -0.3 is 10.4 Å². The quantitative estimate of drug-likeness (QED) is 0.829. The first-order chi connectivity index (χ1) is 7.91. The molecule has 6 heteroatoms. The van der Waals surface area contributed by atoms with Gasteiger partial charge in [0.05, 0.1) is 0 Å². The average Bonchev–Trinajstić information content (AvgIpc) is 2.24. The molecule has 0 aliphatic heterocycles. The van der Waals surface area contributed by atoms with Crippen LogP contribution in [-0.2, 0) is 4.79 Å². The van der Waals surface area contributed by atoms with Crippen molar-refractivity contribution in [1.82, 2.24) is 10.3 Å². The number of amides is 1. The molecule has 5 nitrogen and oxygen atoms in total. The van der Waals surface area contributed by atoms with Crippen molar-refractivity contribution in [1.29, 1.82) is 0 Å². The van der Waals surface area contributed by atoms with Crippen LogP contribution in [0.2, 0.25) is 0 Å². The fraction of sp³-hybridized carbons (Fsp3) is 0.364. The smallest absolute Gasteiger partial charge is 0.326 e. The Labute approximate surface area is 107 Å². The number of carbonyl (C=O) groups excluding carboxylic acids is 1. The SMILES string of the molecule is CC(C)[C@@H](NC(=O)c1ccnc(Br)c1)C(=O)O. The maximum absolute atomic E-state index is 11.8. The molecule has 1 aromatic heterocycles. The molecular weight excluding hydrogens is 288 g/mol. The number of aromatic nitrogens is 1. The van der Waals surface area contributed by atoms with E-state index in [-0.39, 0.29) is 5.92 Å². The summed E-state index contributed by atoms with van der Waals surface area (Å²) in [5.41, 5.74) is 0.374. The summed E-state index contributed by atoms with van der Waals surface area (Å²) in [6, 6.07) is 2.17. The fourth-order valence-corrected chi connectivity index (χ4v) is 1.65. The van der Waals surface area contributed by atoms with Gasteiger partial charge in [-0.15, -0.1) is 0 Å². The maximum Gasteiger partial charge on any atom is 0.326 e. The van der Waals surface area contributed by atoms with E-state index in [2.05, 4.69) is 26.2 Å². The molecule has 2 N–H and O–H groups in total. The summed E-state index contributed by atoms with van der Waals surface area (Å²) >= 11 is 3.15. The summed E-state index contributed by atoms with van der Waals surface area (Å²) in [6.07, 6.45) is 1.48. The minimum Gasteiger partial charge on any atom is -0.480 e. The van der Waals surface area contributed by atoms with Gasteiger partial charge in [-0.1, -0.05) is 13.8 Å². The van der Waals surface area contributed by atoms with Crippen molar-refractivity contribution in [3.8, 4) is 0 Å². The van der Waals surface area contributed by atoms with Gasteiger partial charge in [0.15, 0.2) is 0 Å². The van der Waals surface area contributed by atoms with E-state index in [1.54, 1.807) is 13.8 Å². The van der Waals surface area contributed by atoms with Gasteiger partial charge in [-0.25, -0.2) is 9.78 Å². The summed E-state index contributed by atoms with van der Waals surface area (Å²) in [6.45, 7) is 3.48. The topological polar surface area (TPSA) is 79.3 Å². The van der Waals surface area contributed by atoms with Crippen molar-refractivity contribution >= 4 is 27.8 Å². The van der Waals surface area contributed by atoms with E-state index in [0.717, 1.165) is 0 Å². The second kappa shape index (κ2) is 5.77. The molecule has 0 spiro atoms. The fourth-order valence-electron chi connectivity index (χ4n) is 1.28. The molecule has 17 heavy (non-hydrogen) atoms. The molecule has 0 radical (unpaired) electrons.